The predicted octanol–water partition coefficient (Wildman–Crippen LogP) is 0.535. The molecule has 2 amide bonds. The van der Waals surface area contributed by atoms with E-state index in [4.69, 9.17) is 5.14 Å². The number of nitrogens with one attached hydrogen (secondary N) is 1. The molecule has 0 aliphatic carbocycles. The average molecular weight is 373 g/mol. The molecule has 0 spiro atoms. The zero-order chi connectivity index (χ0) is 18.7. The van der Waals surface area contributed by atoms with Gasteiger partial charge >= 0.3 is 11.8 Å². The second-order valence-electron chi connectivity index (χ2n) is 6.12. The van der Waals surface area contributed by atoms with Gasteiger partial charge < -0.3 is 10.2 Å². The number of benzene rings is 2. The summed E-state index contributed by atoms with van der Waals surface area (Å²) in [5, 5.41) is 7.60. The topological polar surface area (TPSA) is 110 Å². The van der Waals surface area contributed by atoms with Gasteiger partial charge in [0.15, 0.2) is 0 Å². The van der Waals surface area contributed by atoms with Crippen LogP contribution in [0.3, 0.4) is 0 Å². The molecule has 2 aromatic rings. The molecule has 8 heteroatoms. The smallest absolute Gasteiger partial charge is 0.312 e. The number of rotatable bonds is 3. The fourth-order valence-corrected chi connectivity index (χ4v) is 3.38. The molecule has 0 atom stereocenters. The van der Waals surface area contributed by atoms with Crippen molar-refractivity contribution in [3.05, 3.63) is 65.2 Å². The quantitative estimate of drug-likeness (QED) is 0.765. The van der Waals surface area contributed by atoms with Crippen molar-refractivity contribution in [2.45, 2.75) is 24.4 Å². The summed E-state index contributed by atoms with van der Waals surface area (Å²) in [4.78, 5) is 26.0. The SMILES string of the molecule is NS(=O)(=O)c1ccc(CNC(=O)C(=O)N2CCc3ccccc3C2)cc1. The third kappa shape index (κ3) is 4.09. The molecule has 3 rings (SSSR count). The molecular weight excluding hydrogens is 354 g/mol. The van der Waals surface area contributed by atoms with Gasteiger partial charge in [0.25, 0.3) is 0 Å². The van der Waals surface area contributed by atoms with Crippen LogP contribution < -0.4 is 10.5 Å². The second kappa shape index (κ2) is 7.27. The molecule has 0 radical (unpaired) electrons. The highest BCUT2D eigenvalue weighted by molar-refractivity contribution is 7.89. The first-order valence-electron chi connectivity index (χ1n) is 8.10. The normalized spacial score (nSPS) is 13.8. The zero-order valence-electron chi connectivity index (χ0n) is 14.0. The largest absolute Gasteiger partial charge is 0.344 e. The Hall–Kier alpha value is -2.71. The summed E-state index contributed by atoms with van der Waals surface area (Å²) >= 11 is 0. The molecule has 7 nitrogen and oxygen atoms in total. The lowest BCUT2D eigenvalue weighted by atomic mass is 10.00. The zero-order valence-corrected chi connectivity index (χ0v) is 14.8. The lowest BCUT2D eigenvalue weighted by Crippen LogP contribution is -2.44. The highest BCUT2D eigenvalue weighted by atomic mass is 32.2. The van der Waals surface area contributed by atoms with Crippen LogP contribution in [-0.2, 0) is 39.1 Å². The minimum atomic E-state index is -3.75. The lowest BCUT2D eigenvalue weighted by molar-refractivity contribution is -0.146. The van der Waals surface area contributed by atoms with Crippen molar-refractivity contribution in [1.29, 1.82) is 0 Å². The number of hydrogen-bond donors (Lipinski definition) is 2. The predicted molar refractivity (Wildman–Crippen MR) is 95.2 cm³/mol. The maximum absolute atomic E-state index is 12.3. The van der Waals surface area contributed by atoms with E-state index >= 15 is 0 Å². The van der Waals surface area contributed by atoms with Gasteiger partial charge in [-0.05, 0) is 35.2 Å². The monoisotopic (exact) mass is 373 g/mol. The van der Waals surface area contributed by atoms with Crippen molar-refractivity contribution >= 4 is 21.8 Å². The summed E-state index contributed by atoms with van der Waals surface area (Å²) in [6.07, 6.45) is 0.726. The summed E-state index contributed by atoms with van der Waals surface area (Å²) in [6.45, 7) is 1.05. The molecule has 0 fully saturated rings. The van der Waals surface area contributed by atoms with Crippen LogP contribution in [0.25, 0.3) is 0 Å². The summed E-state index contributed by atoms with van der Waals surface area (Å²) in [7, 11) is -3.75. The maximum Gasteiger partial charge on any atom is 0.312 e. The first-order chi connectivity index (χ1) is 12.3. The van der Waals surface area contributed by atoms with Crippen molar-refractivity contribution in [2.75, 3.05) is 6.54 Å². The van der Waals surface area contributed by atoms with Crippen LogP contribution in [0.2, 0.25) is 0 Å². The van der Waals surface area contributed by atoms with Crippen LogP contribution >= 0.6 is 0 Å². The Kier molecular flexibility index (Phi) is 5.06. The molecule has 1 aliphatic rings. The highest BCUT2D eigenvalue weighted by Crippen LogP contribution is 2.18. The number of sulfonamides is 1. The third-order valence-corrected chi connectivity index (χ3v) is 5.25. The van der Waals surface area contributed by atoms with E-state index in [9.17, 15) is 18.0 Å². The summed E-state index contributed by atoms with van der Waals surface area (Å²) in [6, 6.07) is 13.7. The van der Waals surface area contributed by atoms with Crippen molar-refractivity contribution < 1.29 is 18.0 Å². The van der Waals surface area contributed by atoms with Crippen LogP contribution in [0.1, 0.15) is 16.7 Å². The number of primary sulfonamides is 1. The summed E-state index contributed by atoms with van der Waals surface area (Å²) in [5.41, 5.74) is 2.92. The van der Waals surface area contributed by atoms with Crippen LogP contribution in [0.5, 0.6) is 0 Å². The first kappa shape index (κ1) is 18.1. The van der Waals surface area contributed by atoms with E-state index in [1.807, 2.05) is 24.3 Å². The number of carbonyl (C=O) groups is 2. The van der Waals surface area contributed by atoms with Gasteiger partial charge in [0, 0.05) is 19.6 Å². The average Bonchev–Trinajstić information content (AvgIpc) is 2.64. The maximum atomic E-state index is 12.3. The Morgan fingerprint density at radius 2 is 1.69 bits per heavy atom. The molecule has 0 saturated heterocycles. The van der Waals surface area contributed by atoms with Gasteiger partial charge in [0.1, 0.15) is 0 Å². The van der Waals surface area contributed by atoms with E-state index in [1.54, 1.807) is 12.1 Å². The number of hydrogen-bond acceptors (Lipinski definition) is 4. The van der Waals surface area contributed by atoms with Gasteiger partial charge in [0.2, 0.25) is 10.0 Å². The highest BCUT2D eigenvalue weighted by Gasteiger charge is 2.25. The summed E-state index contributed by atoms with van der Waals surface area (Å²) < 4.78 is 22.4. The van der Waals surface area contributed by atoms with Crippen LogP contribution in [0, 0.1) is 0 Å². The Morgan fingerprint density at radius 1 is 1.04 bits per heavy atom. The molecule has 136 valence electrons. The van der Waals surface area contributed by atoms with E-state index < -0.39 is 21.8 Å². The Labute approximate surface area is 151 Å². The van der Waals surface area contributed by atoms with Crippen LogP contribution in [0.4, 0.5) is 0 Å². The van der Waals surface area contributed by atoms with Gasteiger partial charge in [-0.3, -0.25) is 9.59 Å². The van der Waals surface area contributed by atoms with Crippen LogP contribution in [-0.4, -0.2) is 31.7 Å². The fraction of sp³-hybridized carbons (Fsp3) is 0.222. The molecular formula is C18H19N3O4S. The number of nitrogens with zero attached hydrogens (tertiary/aromatic N) is 1. The minimum Gasteiger partial charge on any atom is -0.344 e. The first-order valence-corrected chi connectivity index (χ1v) is 9.65. The van der Waals surface area contributed by atoms with Crippen LogP contribution in [0.15, 0.2) is 53.4 Å². The Morgan fingerprint density at radius 3 is 2.35 bits per heavy atom. The van der Waals surface area contributed by atoms with Crippen molar-refractivity contribution in [2.24, 2.45) is 5.14 Å². The van der Waals surface area contributed by atoms with Gasteiger partial charge in [-0.1, -0.05) is 36.4 Å². The fourth-order valence-electron chi connectivity index (χ4n) is 2.87. The molecule has 26 heavy (non-hydrogen) atoms. The van der Waals surface area contributed by atoms with E-state index in [0.717, 1.165) is 12.0 Å². The van der Waals surface area contributed by atoms with E-state index in [1.165, 1.54) is 22.6 Å². The van der Waals surface area contributed by atoms with Crippen molar-refractivity contribution in [3.63, 3.8) is 0 Å². The molecule has 2 aromatic carbocycles. The number of amides is 2. The molecule has 0 aromatic heterocycles. The standard InChI is InChI=1S/C18H19N3O4S/c19-26(24,25)16-7-5-13(6-8-16)11-20-17(22)18(23)21-10-9-14-3-1-2-4-15(14)12-21/h1-8H,9-12H2,(H,20,22)(H2,19,24,25). The number of carbonyl (C=O) groups excluding carboxylic acids is 2. The molecule has 0 bridgehead atoms. The number of fused-ring (bicyclic) bond motifs is 1. The molecule has 1 aliphatic heterocycles. The van der Waals surface area contributed by atoms with Crippen molar-refractivity contribution in [3.8, 4) is 0 Å². The van der Waals surface area contributed by atoms with Gasteiger partial charge in [-0.25, -0.2) is 13.6 Å². The van der Waals surface area contributed by atoms with Gasteiger partial charge in [-0.15, -0.1) is 0 Å². The van der Waals surface area contributed by atoms with E-state index in [2.05, 4.69) is 5.32 Å². The van der Waals surface area contributed by atoms with Crippen molar-refractivity contribution in [1.82, 2.24) is 10.2 Å². The Bertz CT molecular complexity index is 939. The third-order valence-electron chi connectivity index (χ3n) is 4.32. The van der Waals surface area contributed by atoms with E-state index in [0.29, 0.717) is 18.7 Å². The molecule has 1 heterocycles. The molecule has 0 unspecified atom stereocenters. The minimum absolute atomic E-state index is 0.00404. The molecule has 0 saturated carbocycles. The van der Waals surface area contributed by atoms with E-state index in [-0.39, 0.29) is 11.4 Å². The number of nitrogens with two attached hydrogens (primary N) is 1. The lowest BCUT2D eigenvalue weighted by Gasteiger charge is -2.28. The Balaban J connectivity index is 1.58. The second-order valence-corrected chi connectivity index (χ2v) is 7.68. The van der Waals surface area contributed by atoms with Gasteiger partial charge in [0.05, 0.1) is 4.90 Å². The molecule has 3 N–H and O–H groups in total. The summed E-state index contributed by atoms with van der Waals surface area (Å²) in [5.74, 6) is -1.25. The van der Waals surface area contributed by atoms with Gasteiger partial charge in [-0.2, -0.15) is 0 Å².